The van der Waals surface area contributed by atoms with Gasteiger partial charge in [0, 0.05) is 24.3 Å². The molecule has 0 aliphatic heterocycles. The van der Waals surface area contributed by atoms with Crippen LogP contribution in [0.4, 0.5) is 0 Å². The van der Waals surface area contributed by atoms with Crippen LogP contribution in [0, 0.1) is 0 Å². The maximum Gasteiger partial charge on any atom is 0.157 e. The summed E-state index contributed by atoms with van der Waals surface area (Å²) >= 11 is 0. The van der Waals surface area contributed by atoms with Crippen molar-refractivity contribution in [1.82, 2.24) is 0 Å². The van der Waals surface area contributed by atoms with E-state index in [1.165, 1.54) is 48.5 Å². The lowest BCUT2D eigenvalue weighted by Gasteiger charge is -2.26. The molecule has 0 fully saturated rings. The van der Waals surface area contributed by atoms with E-state index in [0.717, 1.165) is 24.3 Å². The molecule has 2 unspecified atom stereocenters. The summed E-state index contributed by atoms with van der Waals surface area (Å²) in [4.78, 5) is 14.3. The van der Waals surface area contributed by atoms with Gasteiger partial charge in [0.1, 0.15) is 46.0 Å². The van der Waals surface area contributed by atoms with Gasteiger partial charge < -0.3 is 40.9 Å². The summed E-state index contributed by atoms with van der Waals surface area (Å²) in [6.45, 7) is 0. The van der Waals surface area contributed by atoms with E-state index in [9.17, 15) is 45.6 Å². The van der Waals surface area contributed by atoms with E-state index in [4.69, 9.17) is 0 Å². The van der Waals surface area contributed by atoms with Gasteiger partial charge in [-0.25, -0.2) is 0 Å². The maximum atomic E-state index is 14.3. The second-order valence-electron chi connectivity index (χ2n) is 8.25. The quantitative estimate of drug-likeness (QED) is 0.199. The van der Waals surface area contributed by atoms with Crippen molar-refractivity contribution in [2.75, 3.05) is 0 Å². The number of phenols is 8. The van der Waals surface area contributed by atoms with Gasteiger partial charge in [-0.05, 0) is 35.4 Å². The number of aromatic hydroxyl groups is 8. The lowest BCUT2D eigenvalue weighted by molar-refractivity contribution is -0.120. The summed E-state index contributed by atoms with van der Waals surface area (Å²) in [5, 5.41) is 81.6. The highest BCUT2D eigenvalue weighted by molar-refractivity contribution is 5.99. The average molecular weight is 490 g/mol. The fourth-order valence-electron chi connectivity index (χ4n) is 4.26. The number of carbonyl (C=O) groups is 1. The SMILES string of the molecule is O=C(C(c1ccc(O)cc1)c1c(O)cc(O)cc1O)C(c1ccc(O)cc1)c1c(O)cc(O)cc1O. The van der Waals surface area contributed by atoms with Gasteiger partial charge in [-0.3, -0.25) is 4.79 Å². The Bertz CT molecular complexity index is 1270. The van der Waals surface area contributed by atoms with Crippen molar-refractivity contribution in [3.63, 3.8) is 0 Å². The van der Waals surface area contributed by atoms with Crippen molar-refractivity contribution >= 4 is 5.78 Å². The van der Waals surface area contributed by atoms with E-state index in [-0.39, 0.29) is 33.8 Å². The van der Waals surface area contributed by atoms with E-state index in [0.29, 0.717) is 0 Å². The first-order valence-electron chi connectivity index (χ1n) is 10.7. The zero-order valence-corrected chi connectivity index (χ0v) is 18.6. The molecule has 0 bridgehead atoms. The van der Waals surface area contributed by atoms with Crippen molar-refractivity contribution in [2.45, 2.75) is 11.8 Å². The number of carbonyl (C=O) groups excluding carboxylic acids is 1. The molecule has 0 radical (unpaired) electrons. The number of Topliss-reactive ketones (excluding diaryl/α,β-unsaturated/α-hetero) is 1. The molecule has 4 aromatic carbocycles. The third kappa shape index (κ3) is 4.49. The minimum atomic E-state index is -1.42. The van der Waals surface area contributed by atoms with Crippen molar-refractivity contribution in [3.05, 3.63) is 95.1 Å². The molecular weight excluding hydrogens is 468 g/mol. The van der Waals surface area contributed by atoms with E-state index >= 15 is 0 Å². The molecule has 36 heavy (non-hydrogen) atoms. The van der Waals surface area contributed by atoms with Gasteiger partial charge in [0.05, 0.1) is 23.0 Å². The van der Waals surface area contributed by atoms with Crippen molar-refractivity contribution in [1.29, 1.82) is 0 Å². The zero-order valence-electron chi connectivity index (χ0n) is 18.6. The molecule has 0 saturated carbocycles. The van der Waals surface area contributed by atoms with Crippen LogP contribution in [-0.4, -0.2) is 46.6 Å². The fraction of sp³-hybridized carbons (Fsp3) is 0.0741. The second kappa shape index (κ2) is 9.30. The van der Waals surface area contributed by atoms with Gasteiger partial charge in [0.15, 0.2) is 5.78 Å². The minimum absolute atomic E-state index is 0.104. The van der Waals surface area contributed by atoms with Crippen LogP contribution in [-0.2, 0) is 4.79 Å². The molecular formula is C27H22O9. The molecule has 0 aliphatic rings. The lowest BCUT2D eigenvalue weighted by Crippen LogP contribution is -2.23. The number of benzene rings is 4. The molecule has 0 spiro atoms. The van der Waals surface area contributed by atoms with Crippen LogP contribution in [0.15, 0.2) is 72.8 Å². The van der Waals surface area contributed by atoms with E-state index in [2.05, 4.69) is 0 Å². The average Bonchev–Trinajstić information content (AvgIpc) is 2.79. The Morgan fingerprint density at radius 2 is 0.722 bits per heavy atom. The van der Waals surface area contributed by atoms with Crippen molar-refractivity contribution < 1.29 is 45.6 Å². The molecule has 9 nitrogen and oxygen atoms in total. The Labute approximate surface area is 204 Å². The Hall–Kier alpha value is -5.05. The Balaban J connectivity index is 2.01. The number of rotatable bonds is 6. The van der Waals surface area contributed by atoms with Gasteiger partial charge in [0.2, 0.25) is 0 Å². The summed E-state index contributed by atoms with van der Waals surface area (Å²) in [6, 6.07) is 14.6. The summed E-state index contributed by atoms with van der Waals surface area (Å²) < 4.78 is 0. The van der Waals surface area contributed by atoms with Crippen LogP contribution < -0.4 is 0 Å². The predicted molar refractivity (Wildman–Crippen MR) is 128 cm³/mol. The Morgan fingerprint density at radius 3 is 1.00 bits per heavy atom. The fourth-order valence-corrected chi connectivity index (χ4v) is 4.26. The summed E-state index contributed by atoms with van der Waals surface area (Å²) in [5.41, 5.74) is -0.0543. The number of hydrogen-bond donors (Lipinski definition) is 8. The summed E-state index contributed by atoms with van der Waals surface area (Å²) in [6.07, 6.45) is 0. The zero-order chi connectivity index (χ0) is 26.1. The molecule has 0 aromatic heterocycles. The first kappa shape index (κ1) is 24.1. The molecule has 0 amide bonds. The van der Waals surface area contributed by atoms with Crippen molar-refractivity contribution in [2.24, 2.45) is 0 Å². The number of hydrogen-bond acceptors (Lipinski definition) is 9. The summed E-state index contributed by atoms with van der Waals surface area (Å²) in [5.74, 6) is -7.06. The topological polar surface area (TPSA) is 179 Å². The van der Waals surface area contributed by atoms with Crippen LogP contribution in [0.1, 0.15) is 34.1 Å². The van der Waals surface area contributed by atoms with Gasteiger partial charge in [-0.1, -0.05) is 24.3 Å². The minimum Gasteiger partial charge on any atom is -0.508 e. The second-order valence-corrected chi connectivity index (χ2v) is 8.25. The number of phenolic OH excluding ortho intramolecular Hbond substituents is 8. The monoisotopic (exact) mass is 490 g/mol. The smallest absolute Gasteiger partial charge is 0.157 e. The maximum absolute atomic E-state index is 14.3. The van der Waals surface area contributed by atoms with Crippen molar-refractivity contribution in [3.8, 4) is 46.0 Å². The first-order chi connectivity index (χ1) is 17.1. The van der Waals surface area contributed by atoms with Crippen LogP contribution >= 0.6 is 0 Å². The highest BCUT2D eigenvalue weighted by Crippen LogP contribution is 2.48. The molecule has 184 valence electrons. The van der Waals surface area contributed by atoms with Crippen LogP contribution in [0.3, 0.4) is 0 Å². The molecule has 9 heteroatoms. The molecule has 0 saturated heterocycles. The van der Waals surface area contributed by atoms with E-state index < -0.39 is 52.1 Å². The largest absolute Gasteiger partial charge is 0.508 e. The van der Waals surface area contributed by atoms with Crippen LogP contribution in [0.5, 0.6) is 46.0 Å². The lowest BCUT2D eigenvalue weighted by atomic mass is 9.76. The van der Waals surface area contributed by atoms with Gasteiger partial charge in [-0.15, -0.1) is 0 Å². The van der Waals surface area contributed by atoms with E-state index in [1.54, 1.807) is 0 Å². The highest BCUT2D eigenvalue weighted by atomic mass is 16.3. The van der Waals surface area contributed by atoms with Gasteiger partial charge in [0.25, 0.3) is 0 Å². The van der Waals surface area contributed by atoms with Crippen LogP contribution in [0.2, 0.25) is 0 Å². The normalized spacial score (nSPS) is 12.7. The first-order valence-corrected chi connectivity index (χ1v) is 10.7. The van der Waals surface area contributed by atoms with E-state index in [1.807, 2.05) is 0 Å². The van der Waals surface area contributed by atoms with Gasteiger partial charge in [-0.2, -0.15) is 0 Å². The Kier molecular flexibility index (Phi) is 6.22. The molecule has 8 N–H and O–H groups in total. The molecule has 4 aromatic rings. The molecule has 4 rings (SSSR count). The third-order valence-electron chi connectivity index (χ3n) is 5.84. The predicted octanol–water partition coefficient (Wildman–Crippen LogP) is 3.86. The molecule has 0 aliphatic carbocycles. The van der Waals surface area contributed by atoms with Gasteiger partial charge >= 0.3 is 0 Å². The summed E-state index contributed by atoms with van der Waals surface area (Å²) in [7, 11) is 0. The number of ketones is 1. The standard InChI is InChI=1S/C27H22O9/c28-15-5-1-13(2-6-15)23(25-19(32)9-17(30)10-20(25)33)27(36)24(14-3-7-16(29)8-4-14)26-21(34)11-18(31)12-22(26)35/h1-12,23-24,28-35H. The third-order valence-corrected chi connectivity index (χ3v) is 5.84. The van der Waals surface area contributed by atoms with Crippen LogP contribution in [0.25, 0.3) is 0 Å². The molecule has 0 heterocycles. The highest BCUT2D eigenvalue weighted by Gasteiger charge is 2.38. The Morgan fingerprint density at radius 1 is 0.444 bits per heavy atom. The molecule has 2 atom stereocenters.